The number of ether oxygens (including phenoxy) is 1. The highest BCUT2D eigenvalue weighted by molar-refractivity contribution is 6.32. The van der Waals surface area contributed by atoms with Gasteiger partial charge in [-0.2, -0.15) is 5.26 Å². The lowest BCUT2D eigenvalue weighted by Gasteiger charge is -2.18. The van der Waals surface area contributed by atoms with Crippen molar-refractivity contribution in [2.24, 2.45) is 0 Å². The highest BCUT2D eigenvalue weighted by atomic mass is 35.5. The van der Waals surface area contributed by atoms with Crippen LogP contribution in [0.5, 0.6) is 5.75 Å². The van der Waals surface area contributed by atoms with Crippen LogP contribution in [0.4, 0.5) is 4.79 Å². The van der Waals surface area contributed by atoms with E-state index >= 15 is 0 Å². The number of carbonyl (C=O) groups is 1. The first kappa shape index (κ1) is 12.5. The number of nitriles is 1. The van der Waals surface area contributed by atoms with E-state index in [9.17, 15) is 4.79 Å². The Morgan fingerprint density at radius 2 is 2.28 bits per heavy atom. The average molecular weight is 266 g/mol. The Kier molecular flexibility index (Phi) is 3.30. The number of carbonyl (C=O) groups excluding carboxylic acids is 1. The summed E-state index contributed by atoms with van der Waals surface area (Å²) in [5.74, 6) is 0.588. The Bertz CT molecular complexity index is 527. The number of hydrogen-bond acceptors (Lipinski definition) is 3. The van der Waals surface area contributed by atoms with Crippen LogP contribution >= 0.6 is 11.6 Å². The zero-order valence-corrected chi connectivity index (χ0v) is 10.8. The normalized spacial score (nSPS) is 19.0. The van der Waals surface area contributed by atoms with Crippen LogP contribution in [0.1, 0.15) is 11.6 Å². The van der Waals surface area contributed by atoms with Gasteiger partial charge in [0.1, 0.15) is 5.75 Å². The number of rotatable bonds is 2. The minimum absolute atomic E-state index is 0.166. The molecule has 1 aliphatic rings. The molecule has 6 heteroatoms. The van der Waals surface area contributed by atoms with E-state index < -0.39 is 0 Å². The zero-order chi connectivity index (χ0) is 13.3. The molecule has 0 radical (unpaired) electrons. The van der Waals surface area contributed by atoms with Gasteiger partial charge in [0, 0.05) is 7.05 Å². The van der Waals surface area contributed by atoms with Crippen LogP contribution in [0, 0.1) is 11.5 Å². The van der Waals surface area contributed by atoms with Crippen molar-refractivity contribution in [2.75, 3.05) is 20.7 Å². The molecule has 94 valence electrons. The molecule has 5 nitrogen and oxygen atoms in total. The lowest BCUT2D eigenvalue weighted by Crippen LogP contribution is -2.26. The smallest absolute Gasteiger partial charge is 0.333 e. The van der Waals surface area contributed by atoms with Gasteiger partial charge in [0.25, 0.3) is 0 Å². The van der Waals surface area contributed by atoms with Crippen LogP contribution < -0.4 is 4.74 Å². The van der Waals surface area contributed by atoms with Gasteiger partial charge in [0.15, 0.2) is 6.19 Å². The fourth-order valence-corrected chi connectivity index (χ4v) is 2.27. The van der Waals surface area contributed by atoms with Crippen molar-refractivity contribution in [1.29, 1.82) is 5.26 Å². The molecule has 0 bridgehead atoms. The Morgan fingerprint density at radius 1 is 1.56 bits per heavy atom. The molecular formula is C12H12ClN3O2. The van der Waals surface area contributed by atoms with Gasteiger partial charge >= 0.3 is 6.03 Å². The van der Waals surface area contributed by atoms with Crippen LogP contribution in [-0.2, 0) is 0 Å². The van der Waals surface area contributed by atoms with Crippen LogP contribution in [0.15, 0.2) is 18.2 Å². The van der Waals surface area contributed by atoms with Crippen LogP contribution in [0.25, 0.3) is 0 Å². The summed E-state index contributed by atoms with van der Waals surface area (Å²) >= 11 is 6.06. The lowest BCUT2D eigenvalue weighted by atomic mass is 10.1. The van der Waals surface area contributed by atoms with E-state index in [0.29, 0.717) is 17.3 Å². The molecule has 1 atom stereocenters. The maximum absolute atomic E-state index is 11.7. The number of benzene rings is 1. The summed E-state index contributed by atoms with van der Waals surface area (Å²) in [5, 5.41) is 9.33. The van der Waals surface area contributed by atoms with Gasteiger partial charge in [-0.05, 0) is 17.7 Å². The van der Waals surface area contributed by atoms with Crippen LogP contribution in [0.3, 0.4) is 0 Å². The first-order valence-corrected chi connectivity index (χ1v) is 5.73. The van der Waals surface area contributed by atoms with E-state index in [2.05, 4.69) is 0 Å². The third kappa shape index (κ3) is 1.95. The molecule has 1 aromatic rings. The molecule has 0 aliphatic carbocycles. The van der Waals surface area contributed by atoms with E-state index in [1.807, 2.05) is 12.3 Å². The minimum Gasteiger partial charge on any atom is -0.495 e. The second-order valence-corrected chi connectivity index (χ2v) is 4.42. The summed E-state index contributed by atoms with van der Waals surface area (Å²) in [6.45, 7) is 0.342. The topological polar surface area (TPSA) is 56.6 Å². The summed E-state index contributed by atoms with van der Waals surface area (Å²) in [7, 11) is 3.21. The number of amides is 2. The van der Waals surface area contributed by atoms with Crippen molar-refractivity contribution in [1.82, 2.24) is 9.80 Å². The predicted molar refractivity (Wildman–Crippen MR) is 66.2 cm³/mol. The van der Waals surface area contributed by atoms with Crippen molar-refractivity contribution < 1.29 is 9.53 Å². The van der Waals surface area contributed by atoms with Gasteiger partial charge < -0.3 is 9.64 Å². The monoisotopic (exact) mass is 265 g/mol. The quantitative estimate of drug-likeness (QED) is 0.771. The average Bonchev–Trinajstić information content (AvgIpc) is 2.66. The standard InChI is InChI=1S/C12H12ClN3O2/c1-15-10(6-16(7-14)12(15)17)8-3-4-11(18-2)9(13)5-8/h3-5,10H,6H2,1-2H3. The summed E-state index contributed by atoms with van der Waals surface area (Å²) in [6, 6.07) is 4.90. The summed E-state index contributed by atoms with van der Waals surface area (Å²) in [6.07, 6.45) is 1.87. The number of nitrogens with zero attached hydrogens (tertiary/aromatic N) is 3. The molecule has 1 aliphatic heterocycles. The molecule has 0 spiro atoms. The highest BCUT2D eigenvalue weighted by Crippen LogP contribution is 2.32. The van der Waals surface area contributed by atoms with E-state index in [1.165, 1.54) is 4.90 Å². The molecule has 18 heavy (non-hydrogen) atoms. The van der Waals surface area contributed by atoms with Gasteiger partial charge in [-0.15, -0.1) is 0 Å². The van der Waals surface area contributed by atoms with Crippen molar-refractivity contribution in [2.45, 2.75) is 6.04 Å². The number of hydrogen-bond donors (Lipinski definition) is 0. The molecule has 1 aromatic carbocycles. The Morgan fingerprint density at radius 3 is 2.78 bits per heavy atom. The Balaban J connectivity index is 2.31. The maximum Gasteiger partial charge on any atom is 0.333 e. The molecule has 1 saturated heterocycles. The second kappa shape index (κ2) is 4.75. The third-order valence-corrected chi connectivity index (χ3v) is 3.33. The fraction of sp³-hybridized carbons (Fsp3) is 0.333. The van der Waals surface area contributed by atoms with Gasteiger partial charge in [-0.25, -0.2) is 9.69 Å². The number of urea groups is 1. The van der Waals surface area contributed by atoms with Crippen LogP contribution in [0.2, 0.25) is 5.02 Å². The Labute approximate surface area is 110 Å². The molecule has 1 fully saturated rings. The van der Waals surface area contributed by atoms with Gasteiger partial charge in [-0.3, -0.25) is 0 Å². The number of halogens is 1. The van der Waals surface area contributed by atoms with Crippen molar-refractivity contribution >= 4 is 17.6 Å². The predicted octanol–water partition coefficient (Wildman–Crippen LogP) is 2.24. The van der Waals surface area contributed by atoms with Crippen molar-refractivity contribution in [3.05, 3.63) is 28.8 Å². The summed E-state index contributed by atoms with van der Waals surface area (Å²) < 4.78 is 5.08. The SMILES string of the molecule is COc1ccc(C2CN(C#N)C(=O)N2C)cc1Cl. The van der Waals surface area contributed by atoms with E-state index in [1.54, 1.807) is 26.3 Å². The van der Waals surface area contributed by atoms with Crippen molar-refractivity contribution in [3.8, 4) is 11.9 Å². The molecular weight excluding hydrogens is 254 g/mol. The second-order valence-electron chi connectivity index (χ2n) is 4.01. The van der Waals surface area contributed by atoms with E-state index in [4.69, 9.17) is 21.6 Å². The maximum atomic E-state index is 11.7. The molecule has 1 heterocycles. The minimum atomic E-state index is -0.297. The summed E-state index contributed by atoms with van der Waals surface area (Å²) in [4.78, 5) is 14.4. The molecule has 2 amide bonds. The van der Waals surface area contributed by atoms with Gasteiger partial charge in [0.2, 0.25) is 0 Å². The summed E-state index contributed by atoms with van der Waals surface area (Å²) in [5.41, 5.74) is 0.884. The largest absolute Gasteiger partial charge is 0.495 e. The van der Waals surface area contributed by atoms with E-state index in [-0.39, 0.29) is 12.1 Å². The van der Waals surface area contributed by atoms with E-state index in [0.717, 1.165) is 10.5 Å². The van der Waals surface area contributed by atoms with Gasteiger partial charge in [-0.1, -0.05) is 17.7 Å². The number of methoxy groups -OCH3 is 1. The lowest BCUT2D eigenvalue weighted by molar-refractivity contribution is 0.205. The molecule has 1 unspecified atom stereocenters. The van der Waals surface area contributed by atoms with Crippen LogP contribution in [-0.4, -0.2) is 36.5 Å². The van der Waals surface area contributed by atoms with Crippen molar-refractivity contribution in [3.63, 3.8) is 0 Å². The zero-order valence-electron chi connectivity index (χ0n) is 10.1. The Hall–Kier alpha value is -1.93. The first-order valence-electron chi connectivity index (χ1n) is 5.36. The molecule has 0 N–H and O–H groups in total. The fourth-order valence-electron chi connectivity index (χ4n) is 2.00. The number of likely N-dealkylation sites (N-methyl/N-ethyl adjacent to an activating group) is 1. The molecule has 0 saturated carbocycles. The third-order valence-electron chi connectivity index (χ3n) is 3.04. The highest BCUT2D eigenvalue weighted by Gasteiger charge is 2.35. The van der Waals surface area contributed by atoms with Gasteiger partial charge in [0.05, 0.1) is 24.7 Å². The first-order chi connectivity index (χ1) is 8.58. The molecule has 2 rings (SSSR count). The molecule has 0 aromatic heterocycles.